The maximum absolute atomic E-state index is 12.6. The highest BCUT2D eigenvalue weighted by atomic mass is 32.1. The maximum Gasteiger partial charge on any atom is 0.272 e. The molecule has 2 N–H and O–H groups in total. The number of benzene rings is 1. The lowest BCUT2D eigenvalue weighted by atomic mass is 10.2. The zero-order chi connectivity index (χ0) is 18.1. The van der Waals surface area contributed by atoms with Crippen molar-refractivity contribution in [3.05, 3.63) is 69.0 Å². The van der Waals surface area contributed by atoms with E-state index >= 15 is 0 Å². The molecule has 0 spiro atoms. The average Bonchev–Trinajstić information content (AvgIpc) is 3.32. The fourth-order valence-corrected chi connectivity index (χ4v) is 3.35. The first-order valence-corrected chi connectivity index (χ1v) is 8.87. The number of thiophene rings is 1. The second kappa shape index (κ2) is 6.57. The number of fused-ring (bicyclic) bond motifs is 1. The molecule has 3 heterocycles. The van der Waals surface area contributed by atoms with Crippen molar-refractivity contribution in [2.24, 2.45) is 0 Å². The van der Waals surface area contributed by atoms with E-state index in [0.29, 0.717) is 22.4 Å². The number of amides is 1. The summed E-state index contributed by atoms with van der Waals surface area (Å²) in [6.07, 6.45) is 0. The summed E-state index contributed by atoms with van der Waals surface area (Å²) in [5.41, 5.74) is 2.46. The summed E-state index contributed by atoms with van der Waals surface area (Å²) < 4.78 is 0. The lowest BCUT2D eigenvalue weighted by molar-refractivity contribution is 0.0775. The summed E-state index contributed by atoms with van der Waals surface area (Å²) in [5, 5.41) is 11.4. The van der Waals surface area contributed by atoms with Crippen LogP contribution in [0.4, 0.5) is 0 Å². The molecule has 4 aromatic rings. The summed E-state index contributed by atoms with van der Waals surface area (Å²) in [7, 11) is 1.66. The number of hydrogen-bond donors (Lipinski definition) is 2. The SMILES string of the molecule is CN(Cc1nc2ccccc2c(=O)[nH]1)C(=O)c1cc(-c2ccsc2)n[nH]1. The largest absolute Gasteiger partial charge is 0.333 e. The third kappa shape index (κ3) is 3.02. The van der Waals surface area contributed by atoms with Crippen LogP contribution in [-0.2, 0) is 6.54 Å². The van der Waals surface area contributed by atoms with Crippen molar-refractivity contribution in [3.63, 3.8) is 0 Å². The minimum absolute atomic E-state index is 0.186. The molecule has 1 amide bonds. The van der Waals surface area contributed by atoms with Crippen LogP contribution in [0.2, 0.25) is 0 Å². The predicted octanol–water partition coefficient (Wildman–Crippen LogP) is 2.65. The summed E-state index contributed by atoms with van der Waals surface area (Å²) in [6, 6.07) is 10.8. The first-order chi connectivity index (χ1) is 12.6. The molecule has 0 unspecified atom stereocenters. The van der Waals surface area contributed by atoms with Gasteiger partial charge in [0.2, 0.25) is 0 Å². The molecule has 3 aromatic heterocycles. The smallest absolute Gasteiger partial charge is 0.272 e. The van der Waals surface area contributed by atoms with Gasteiger partial charge in [-0.1, -0.05) is 12.1 Å². The van der Waals surface area contributed by atoms with E-state index in [1.165, 1.54) is 4.90 Å². The minimum Gasteiger partial charge on any atom is -0.333 e. The summed E-state index contributed by atoms with van der Waals surface area (Å²) in [5.74, 6) is 0.205. The number of nitrogens with zero attached hydrogens (tertiary/aromatic N) is 3. The Morgan fingerprint density at radius 1 is 1.27 bits per heavy atom. The zero-order valence-corrected chi connectivity index (χ0v) is 14.7. The molecule has 0 saturated heterocycles. The van der Waals surface area contributed by atoms with Crippen molar-refractivity contribution in [2.75, 3.05) is 7.05 Å². The molecule has 26 heavy (non-hydrogen) atoms. The van der Waals surface area contributed by atoms with Gasteiger partial charge >= 0.3 is 0 Å². The Morgan fingerprint density at radius 2 is 2.12 bits per heavy atom. The van der Waals surface area contributed by atoms with Crippen LogP contribution in [0.1, 0.15) is 16.3 Å². The van der Waals surface area contributed by atoms with Crippen molar-refractivity contribution >= 4 is 28.1 Å². The number of aromatic amines is 2. The molecule has 0 radical (unpaired) electrons. The number of carbonyl (C=O) groups excluding carboxylic acids is 1. The van der Waals surface area contributed by atoms with Crippen molar-refractivity contribution in [2.45, 2.75) is 6.54 Å². The molecule has 0 aliphatic heterocycles. The van der Waals surface area contributed by atoms with E-state index in [2.05, 4.69) is 20.2 Å². The van der Waals surface area contributed by atoms with E-state index in [4.69, 9.17) is 0 Å². The standard InChI is InChI=1S/C18H15N5O2S/c1-23(9-16-19-13-5-3-2-4-12(13)17(24)20-16)18(25)15-8-14(21-22-15)11-6-7-26-10-11/h2-8,10H,9H2,1H3,(H,21,22)(H,19,20,24). The van der Waals surface area contributed by atoms with E-state index in [-0.39, 0.29) is 18.0 Å². The Kier molecular flexibility index (Phi) is 4.10. The molecule has 0 saturated carbocycles. The molecular weight excluding hydrogens is 350 g/mol. The van der Waals surface area contributed by atoms with E-state index in [1.54, 1.807) is 42.6 Å². The van der Waals surface area contributed by atoms with Crippen molar-refractivity contribution < 1.29 is 4.79 Å². The minimum atomic E-state index is -0.227. The third-order valence-electron chi connectivity index (χ3n) is 4.02. The lowest BCUT2D eigenvalue weighted by Gasteiger charge is -2.15. The summed E-state index contributed by atoms with van der Waals surface area (Å²) >= 11 is 1.57. The normalized spacial score (nSPS) is 11.0. The van der Waals surface area contributed by atoms with Crippen LogP contribution in [0, 0.1) is 0 Å². The second-order valence-electron chi connectivity index (χ2n) is 5.87. The van der Waals surface area contributed by atoms with E-state index in [0.717, 1.165) is 11.3 Å². The first kappa shape index (κ1) is 16.2. The van der Waals surface area contributed by atoms with Gasteiger partial charge in [-0.3, -0.25) is 14.7 Å². The van der Waals surface area contributed by atoms with Crippen LogP contribution in [0.25, 0.3) is 22.2 Å². The van der Waals surface area contributed by atoms with Crippen LogP contribution in [0.3, 0.4) is 0 Å². The van der Waals surface area contributed by atoms with Gasteiger partial charge in [-0.15, -0.1) is 0 Å². The predicted molar refractivity (Wildman–Crippen MR) is 100 cm³/mol. The maximum atomic E-state index is 12.6. The van der Waals surface area contributed by atoms with Gasteiger partial charge in [0.1, 0.15) is 11.5 Å². The molecule has 0 fully saturated rings. The molecule has 0 aliphatic rings. The highest BCUT2D eigenvalue weighted by Crippen LogP contribution is 2.21. The molecule has 8 heteroatoms. The van der Waals surface area contributed by atoms with Gasteiger partial charge < -0.3 is 9.88 Å². The summed E-state index contributed by atoms with van der Waals surface area (Å²) in [4.78, 5) is 33.4. The van der Waals surface area contributed by atoms with E-state index in [1.807, 2.05) is 22.9 Å². The van der Waals surface area contributed by atoms with Gasteiger partial charge in [0.05, 0.1) is 23.1 Å². The van der Waals surface area contributed by atoms with E-state index in [9.17, 15) is 9.59 Å². The van der Waals surface area contributed by atoms with Gasteiger partial charge in [0.25, 0.3) is 11.5 Å². The van der Waals surface area contributed by atoms with Crippen molar-refractivity contribution in [3.8, 4) is 11.3 Å². The average molecular weight is 365 g/mol. The van der Waals surface area contributed by atoms with Crippen molar-refractivity contribution in [1.82, 2.24) is 25.1 Å². The van der Waals surface area contributed by atoms with Crippen LogP contribution in [0.15, 0.2) is 52.0 Å². The number of aromatic nitrogens is 4. The third-order valence-corrected chi connectivity index (χ3v) is 4.70. The topological polar surface area (TPSA) is 94.7 Å². The molecule has 0 aliphatic carbocycles. The lowest BCUT2D eigenvalue weighted by Crippen LogP contribution is -2.28. The molecule has 0 atom stereocenters. The molecule has 7 nitrogen and oxygen atoms in total. The first-order valence-electron chi connectivity index (χ1n) is 7.93. The Morgan fingerprint density at radius 3 is 2.92 bits per heavy atom. The monoisotopic (exact) mass is 365 g/mol. The number of rotatable bonds is 4. The van der Waals surface area contributed by atoms with E-state index < -0.39 is 0 Å². The number of nitrogens with one attached hydrogen (secondary N) is 2. The Bertz CT molecular complexity index is 1130. The van der Waals surface area contributed by atoms with Crippen LogP contribution >= 0.6 is 11.3 Å². The fourth-order valence-electron chi connectivity index (χ4n) is 2.70. The Labute approximate surface area is 152 Å². The Hall–Kier alpha value is -3.26. The molecule has 1 aromatic carbocycles. The number of hydrogen-bond acceptors (Lipinski definition) is 5. The zero-order valence-electron chi connectivity index (χ0n) is 13.9. The van der Waals surface area contributed by atoms with Gasteiger partial charge in [-0.2, -0.15) is 16.4 Å². The van der Waals surface area contributed by atoms with Gasteiger partial charge in [0.15, 0.2) is 0 Å². The fraction of sp³-hybridized carbons (Fsp3) is 0.111. The highest BCUT2D eigenvalue weighted by molar-refractivity contribution is 7.08. The van der Waals surface area contributed by atoms with Gasteiger partial charge in [-0.25, -0.2) is 4.98 Å². The quantitative estimate of drug-likeness (QED) is 0.581. The number of para-hydroxylation sites is 1. The second-order valence-corrected chi connectivity index (χ2v) is 6.65. The highest BCUT2D eigenvalue weighted by Gasteiger charge is 2.17. The molecule has 0 bridgehead atoms. The van der Waals surface area contributed by atoms with Crippen LogP contribution in [0.5, 0.6) is 0 Å². The molecule has 4 rings (SSSR count). The molecule has 130 valence electrons. The summed E-state index contributed by atoms with van der Waals surface area (Å²) in [6.45, 7) is 0.186. The van der Waals surface area contributed by atoms with Gasteiger partial charge in [-0.05, 0) is 29.6 Å². The number of carbonyl (C=O) groups is 1. The Balaban J connectivity index is 1.55. The number of H-pyrrole nitrogens is 2. The van der Waals surface area contributed by atoms with Crippen LogP contribution < -0.4 is 5.56 Å². The van der Waals surface area contributed by atoms with Gasteiger partial charge in [0, 0.05) is 18.0 Å². The molecular formula is C18H15N5O2S. The van der Waals surface area contributed by atoms with Crippen LogP contribution in [-0.4, -0.2) is 38.0 Å². The van der Waals surface area contributed by atoms with Crippen molar-refractivity contribution in [1.29, 1.82) is 0 Å².